The molecule has 2 N–H and O–H groups in total. The van der Waals surface area contributed by atoms with Gasteiger partial charge in [-0.25, -0.2) is 0 Å². The number of nitrogens with one attached hydrogen (secondary N) is 1. The van der Waals surface area contributed by atoms with Crippen molar-refractivity contribution in [1.82, 2.24) is 0 Å². The summed E-state index contributed by atoms with van der Waals surface area (Å²) in [6, 6.07) is 7.93. The van der Waals surface area contributed by atoms with Gasteiger partial charge in [0.1, 0.15) is 5.75 Å². The molecular formula is C16H26NO2+. The van der Waals surface area contributed by atoms with Gasteiger partial charge in [-0.05, 0) is 30.5 Å². The van der Waals surface area contributed by atoms with Gasteiger partial charge in [0.2, 0.25) is 0 Å². The van der Waals surface area contributed by atoms with Gasteiger partial charge < -0.3 is 14.7 Å². The van der Waals surface area contributed by atoms with Crippen molar-refractivity contribution in [2.24, 2.45) is 5.92 Å². The summed E-state index contributed by atoms with van der Waals surface area (Å²) >= 11 is 0. The van der Waals surface area contributed by atoms with Gasteiger partial charge in [-0.2, -0.15) is 0 Å². The first-order valence-electron chi connectivity index (χ1n) is 7.22. The second-order valence-electron chi connectivity index (χ2n) is 6.01. The number of methoxy groups -OCH3 is 1. The molecule has 1 saturated carbocycles. The van der Waals surface area contributed by atoms with Gasteiger partial charge >= 0.3 is 0 Å². The zero-order chi connectivity index (χ0) is 13.9. The van der Waals surface area contributed by atoms with Gasteiger partial charge in [0.25, 0.3) is 0 Å². The van der Waals surface area contributed by atoms with Crippen molar-refractivity contribution in [2.75, 3.05) is 27.7 Å². The summed E-state index contributed by atoms with van der Waals surface area (Å²) in [7, 11) is 5.98. The van der Waals surface area contributed by atoms with E-state index in [0.29, 0.717) is 5.92 Å². The molecule has 0 heterocycles. The highest BCUT2D eigenvalue weighted by molar-refractivity contribution is 5.33. The van der Waals surface area contributed by atoms with E-state index >= 15 is 0 Å². The van der Waals surface area contributed by atoms with Crippen LogP contribution in [0, 0.1) is 5.92 Å². The van der Waals surface area contributed by atoms with E-state index in [1.54, 1.807) is 7.11 Å². The molecule has 1 aromatic carbocycles. The number of rotatable bonds is 4. The topological polar surface area (TPSA) is 33.9 Å². The number of hydrogen-bond donors (Lipinski definition) is 2. The van der Waals surface area contributed by atoms with Crippen LogP contribution in [0.25, 0.3) is 0 Å². The zero-order valence-electron chi connectivity index (χ0n) is 12.3. The Morgan fingerprint density at radius 3 is 2.84 bits per heavy atom. The summed E-state index contributed by atoms with van der Waals surface area (Å²) < 4.78 is 5.29. The van der Waals surface area contributed by atoms with Gasteiger partial charge in [0, 0.05) is 5.92 Å². The zero-order valence-corrected chi connectivity index (χ0v) is 12.3. The number of quaternary nitrogens is 1. The molecule has 0 spiro atoms. The third-order valence-corrected chi connectivity index (χ3v) is 4.26. The molecule has 19 heavy (non-hydrogen) atoms. The molecule has 0 unspecified atom stereocenters. The van der Waals surface area contributed by atoms with Crippen LogP contribution in [0.15, 0.2) is 24.3 Å². The van der Waals surface area contributed by atoms with Crippen molar-refractivity contribution >= 4 is 0 Å². The van der Waals surface area contributed by atoms with E-state index in [-0.39, 0.29) is 0 Å². The maximum atomic E-state index is 11.2. The average Bonchev–Trinajstić information content (AvgIpc) is 2.41. The second-order valence-corrected chi connectivity index (χ2v) is 6.01. The molecule has 1 aliphatic rings. The largest absolute Gasteiger partial charge is 0.497 e. The molecule has 3 nitrogen and oxygen atoms in total. The van der Waals surface area contributed by atoms with Crippen LogP contribution in [0.2, 0.25) is 0 Å². The van der Waals surface area contributed by atoms with Crippen molar-refractivity contribution in [2.45, 2.75) is 31.3 Å². The highest BCUT2D eigenvalue weighted by Crippen LogP contribution is 2.41. The fourth-order valence-corrected chi connectivity index (χ4v) is 3.26. The predicted octanol–water partition coefficient (Wildman–Crippen LogP) is 1.22. The summed E-state index contributed by atoms with van der Waals surface area (Å²) in [5, 5.41) is 11.2. The number of benzene rings is 1. The van der Waals surface area contributed by atoms with E-state index in [2.05, 4.69) is 14.1 Å². The molecule has 2 rings (SSSR count). The van der Waals surface area contributed by atoms with Crippen molar-refractivity contribution in [3.05, 3.63) is 29.8 Å². The summed E-state index contributed by atoms with van der Waals surface area (Å²) in [5.74, 6) is 1.16. The van der Waals surface area contributed by atoms with E-state index in [9.17, 15) is 5.11 Å². The molecule has 0 amide bonds. The Balaban J connectivity index is 2.30. The first-order valence-corrected chi connectivity index (χ1v) is 7.22. The predicted molar refractivity (Wildman–Crippen MR) is 76.5 cm³/mol. The van der Waals surface area contributed by atoms with Crippen LogP contribution >= 0.6 is 0 Å². The standard InChI is InChI=1S/C16H25NO2/c1-17(2)12-14-7-4-5-10-16(14,18)13-8-6-9-15(11-13)19-3/h6,8-9,11,14,18H,4-5,7,10,12H2,1-3H3/p+1/t14-,16+/m1/s1. The van der Waals surface area contributed by atoms with Gasteiger partial charge in [-0.15, -0.1) is 0 Å². The van der Waals surface area contributed by atoms with Crippen molar-refractivity contribution in [3.63, 3.8) is 0 Å². The molecule has 1 fully saturated rings. The molecule has 3 heteroatoms. The van der Waals surface area contributed by atoms with Gasteiger partial charge in [0.05, 0.1) is 33.4 Å². The van der Waals surface area contributed by atoms with Crippen molar-refractivity contribution < 1.29 is 14.7 Å². The minimum atomic E-state index is -0.690. The third kappa shape index (κ3) is 3.10. The summed E-state index contributed by atoms with van der Waals surface area (Å²) in [4.78, 5) is 1.40. The third-order valence-electron chi connectivity index (χ3n) is 4.26. The Hall–Kier alpha value is -1.06. The van der Waals surface area contributed by atoms with Crippen LogP contribution in [0.5, 0.6) is 5.75 Å². The second kappa shape index (κ2) is 5.93. The van der Waals surface area contributed by atoms with Gasteiger partial charge in [-0.1, -0.05) is 25.0 Å². The van der Waals surface area contributed by atoms with Crippen LogP contribution in [-0.2, 0) is 5.60 Å². The normalized spacial score (nSPS) is 27.5. The highest BCUT2D eigenvalue weighted by Gasteiger charge is 2.41. The molecule has 0 aromatic heterocycles. The number of aliphatic hydroxyl groups is 1. The lowest BCUT2D eigenvalue weighted by Crippen LogP contribution is -3.06. The number of hydrogen-bond acceptors (Lipinski definition) is 2. The molecular weight excluding hydrogens is 238 g/mol. The van der Waals surface area contributed by atoms with Crippen LogP contribution in [0.4, 0.5) is 0 Å². The van der Waals surface area contributed by atoms with E-state index < -0.39 is 5.60 Å². The molecule has 2 atom stereocenters. The Labute approximate surface area is 116 Å². The Morgan fingerprint density at radius 1 is 1.37 bits per heavy atom. The summed E-state index contributed by atoms with van der Waals surface area (Å²) in [6.07, 6.45) is 4.30. The molecule has 106 valence electrons. The first-order chi connectivity index (χ1) is 9.06. The molecule has 0 aliphatic heterocycles. The minimum absolute atomic E-state index is 0.332. The van der Waals surface area contributed by atoms with Crippen LogP contribution < -0.4 is 9.64 Å². The van der Waals surface area contributed by atoms with E-state index in [1.807, 2.05) is 24.3 Å². The molecule has 0 saturated heterocycles. The van der Waals surface area contributed by atoms with Crippen LogP contribution in [0.1, 0.15) is 31.2 Å². The fourth-order valence-electron chi connectivity index (χ4n) is 3.26. The Kier molecular flexibility index (Phi) is 4.48. The summed E-state index contributed by atoms with van der Waals surface area (Å²) in [5.41, 5.74) is 0.321. The van der Waals surface area contributed by atoms with Crippen LogP contribution in [-0.4, -0.2) is 32.9 Å². The smallest absolute Gasteiger partial charge is 0.119 e. The van der Waals surface area contributed by atoms with Gasteiger partial charge in [0.15, 0.2) is 0 Å². The molecule has 1 aliphatic carbocycles. The SMILES string of the molecule is COc1cccc([C@@]2(O)CCCC[C@@H]2C[NH+](C)C)c1. The summed E-state index contributed by atoms with van der Waals surface area (Å²) in [6.45, 7) is 1.01. The molecule has 1 aromatic rings. The van der Waals surface area contributed by atoms with Gasteiger partial charge in [-0.3, -0.25) is 0 Å². The Bertz CT molecular complexity index is 419. The minimum Gasteiger partial charge on any atom is -0.497 e. The Morgan fingerprint density at radius 2 is 2.16 bits per heavy atom. The maximum absolute atomic E-state index is 11.2. The lowest BCUT2D eigenvalue weighted by Gasteiger charge is -2.40. The van der Waals surface area contributed by atoms with E-state index in [4.69, 9.17) is 4.74 Å². The highest BCUT2D eigenvalue weighted by atomic mass is 16.5. The monoisotopic (exact) mass is 264 g/mol. The van der Waals surface area contributed by atoms with Crippen molar-refractivity contribution in [1.29, 1.82) is 0 Å². The molecule has 0 radical (unpaired) electrons. The molecule has 0 bridgehead atoms. The maximum Gasteiger partial charge on any atom is 0.119 e. The fraction of sp³-hybridized carbons (Fsp3) is 0.625. The van der Waals surface area contributed by atoms with Crippen molar-refractivity contribution in [3.8, 4) is 5.75 Å². The lowest BCUT2D eigenvalue weighted by molar-refractivity contribution is -0.863. The van der Waals surface area contributed by atoms with Crippen LogP contribution in [0.3, 0.4) is 0 Å². The first kappa shape index (κ1) is 14.4. The quantitative estimate of drug-likeness (QED) is 0.857. The number of ether oxygens (including phenoxy) is 1. The lowest BCUT2D eigenvalue weighted by atomic mass is 9.71. The van der Waals surface area contributed by atoms with E-state index in [0.717, 1.165) is 37.1 Å². The average molecular weight is 264 g/mol. The van der Waals surface area contributed by atoms with E-state index in [1.165, 1.54) is 11.3 Å².